The van der Waals surface area contributed by atoms with Crippen LogP contribution in [0.25, 0.3) is 0 Å². The molecule has 0 saturated heterocycles. The molecule has 0 bridgehead atoms. The maximum Gasteiger partial charge on any atom is 0.344 e. The van der Waals surface area contributed by atoms with Crippen molar-refractivity contribution in [3.63, 3.8) is 0 Å². The molecule has 0 unspecified atom stereocenters. The van der Waals surface area contributed by atoms with Crippen molar-refractivity contribution in [1.82, 2.24) is 19.6 Å². The van der Waals surface area contributed by atoms with Gasteiger partial charge in [-0.25, -0.2) is 4.79 Å². The van der Waals surface area contributed by atoms with E-state index in [1.807, 2.05) is 0 Å². The highest BCUT2D eigenvalue weighted by Gasteiger charge is 2.18. The molecule has 6 nitrogen and oxygen atoms in total. The normalized spacial score (nSPS) is 10.1. The zero-order chi connectivity index (χ0) is 12.5. The first kappa shape index (κ1) is 12.2. The maximum atomic E-state index is 11.7. The molecule has 0 aliphatic heterocycles. The molecule has 88 valence electrons. The fourth-order valence-electron chi connectivity index (χ4n) is 1.19. The van der Waals surface area contributed by atoms with Crippen molar-refractivity contribution in [1.29, 1.82) is 0 Å². The molecule has 0 radical (unpaired) electrons. The fraction of sp³-hybridized carbons (Fsp3) is 0.500. The lowest BCUT2D eigenvalue weighted by Crippen LogP contribution is -2.29. The summed E-state index contributed by atoms with van der Waals surface area (Å²) in [7, 11) is 6.56. The van der Waals surface area contributed by atoms with Gasteiger partial charge in [-0.05, 0) is 13.0 Å². The van der Waals surface area contributed by atoms with Gasteiger partial charge in [0.05, 0.1) is 0 Å². The Bertz CT molecular complexity index is 420. The first-order chi connectivity index (χ1) is 7.34. The minimum absolute atomic E-state index is 0.214. The second-order valence-electron chi connectivity index (χ2n) is 3.96. The summed E-state index contributed by atoms with van der Waals surface area (Å²) in [6.07, 6.45) is 0. The van der Waals surface area contributed by atoms with Crippen LogP contribution in [0.4, 0.5) is 4.79 Å². The Hall–Kier alpha value is -1.85. The van der Waals surface area contributed by atoms with Crippen molar-refractivity contribution in [2.45, 2.75) is 6.92 Å². The summed E-state index contributed by atoms with van der Waals surface area (Å²) in [5.41, 5.74) is 0.918. The molecular formula is C10H16N4O2. The van der Waals surface area contributed by atoms with Crippen molar-refractivity contribution < 1.29 is 9.59 Å². The summed E-state index contributed by atoms with van der Waals surface area (Å²) in [5.74, 6) is -0.214. The molecule has 6 heteroatoms. The monoisotopic (exact) mass is 224 g/mol. The van der Waals surface area contributed by atoms with Gasteiger partial charge in [-0.1, -0.05) is 0 Å². The molecule has 0 aromatic carbocycles. The van der Waals surface area contributed by atoms with Crippen LogP contribution >= 0.6 is 0 Å². The van der Waals surface area contributed by atoms with Crippen molar-refractivity contribution in [3.05, 3.63) is 17.5 Å². The summed E-state index contributed by atoms with van der Waals surface area (Å²) < 4.78 is 1.22. The van der Waals surface area contributed by atoms with E-state index in [1.54, 1.807) is 41.2 Å². The van der Waals surface area contributed by atoms with Gasteiger partial charge in [0, 0.05) is 33.9 Å². The number of carbonyl (C=O) groups excluding carboxylic acids is 2. The largest absolute Gasteiger partial charge is 0.344 e. The van der Waals surface area contributed by atoms with Crippen LogP contribution < -0.4 is 0 Å². The Balaban J connectivity index is 3.08. The Kier molecular flexibility index (Phi) is 3.31. The van der Waals surface area contributed by atoms with E-state index < -0.39 is 0 Å². The minimum Gasteiger partial charge on any atom is -0.343 e. The van der Waals surface area contributed by atoms with E-state index in [4.69, 9.17) is 0 Å². The van der Waals surface area contributed by atoms with Gasteiger partial charge in [0.1, 0.15) is 0 Å². The molecule has 1 aromatic rings. The highest BCUT2D eigenvalue weighted by Crippen LogP contribution is 2.06. The molecular weight excluding hydrogens is 208 g/mol. The zero-order valence-electron chi connectivity index (χ0n) is 10.2. The Morgan fingerprint density at radius 1 is 1.19 bits per heavy atom. The van der Waals surface area contributed by atoms with Crippen LogP contribution in [0.3, 0.4) is 0 Å². The average molecular weight is 224 g/mol. The van der Waals surface area contributed by atoms with E-state index in [-0.39, 0.29) is 17.6 Å². The summed E-state index contributed by atoms with van der Waals surface area (Å²) in [5, 5.41) is 3.99. The minimum atomic E-state index is -0.268. The van der Waals surface area contributed by atoms with Gasteiger partial charge >= 0.3 is 6.03 Å². The molecule has 16 heavy (non-hydrogen) atoms. The summed E-state index contributed by atoms with van der Waals surface area (Å²) >= 11 is 0. The molecule has 0 aliphatic rings. The molecule has 0 aliphatic carbocycles. The SMILES string of the molecule is Cc1cc(C(=O)N(C)C)nn1C(=O)N(C)C. The van der Waals surface area contributed by atoms with Gasteiger partial charge in [-0.2, -0.15) is 9.78 Å². The molecule has 0 N–H and O–H groups in total. The van der Waals surface area contributed by atoms with Crippen molar-refractivity contribution in [2.75, 3.05) is 28.2 Å². The lowest BCUT2D eigenvalue weighted by molar-refractivity contribution is 0.0821. The Morgan fingerprint density at radius 3 is 2.19 bits per heavy atom. The van der Waals surface area contributed by atoms with E-state index in [9.17, 15) is 9.59 Å². The number of hydrogen-bond acceptors (Lipinski definition) is 3. The third-order valence-corrected chi connectivity index (χ3v) is 2.08. The van der Waals surface area contributed by atoms with E-state index in [2.05, 4.69) is 5.10 Å². The predicted molar refractivity (Wildman–Crippen MR) is 59.5 cm³/mol. The molecule has 2 amide bonds. The fourth-order valence-corrected chi connectivity index (χ4v) is 1.19. The van der Waals surface area contributed by atoms with Gasteiger partial charge in [0.15, 0.2) is 5.69 Å². The lowest BCUT2D eigenvalue weighted by Gasteiger charge is -2.10. The van der Waals surface area contributed by atoms with Crippen molar-refractivity contribution in [3.8, 4) is 0 Å². The van der Waals surface area contributed by atoms with Crippen molar-refractivity contribution in [2.24, 2.45) is 0 Å². The number of aryl methyl sites for hydroxylation is 1. The van der Waals surface area contributed by atoms with Crippen LogP contribution in [0.5, 0.6) is 0 Å². The van der Waals surface area contributed by atoms with Crippen LogP contribution in [0.2, 0.25) is 0 Å². The highest BCUT2D eigenvalue weighted by molar-refractivity contribution is 5.92. The van der Waals surface area contributed by atoms with Gasteiger partial charge in [-0.15, -0.1) is 0 Å². The molecule has 0 spiro atoms. The Labute approximate surface area is 94.4 Å². The van der Waals surface area contributed by atoms with Gasteiger partial charge in [0.25, 0.3) is 5.91 Å². The number of hydrogen-bond donors (Lipinski definition) is 0. The quantitative estimate of drug-likeness (QED) is 0.694. The van der Waals surface area contributed by atoms with E-state index in [1.165, 1.54) is 14.5 Å². The second kappa shape index (κ2) is 4.34. The predicted octanol–water partition coefficient (Wildman–Crippen LogP) is 0.423. The summed E-state index contributed by atoms with van der Waals surface area (Å²) in [4.78, 5) is 26.1. The molecule has 1 rings (SSSR count). The zero-order valence-corrected chi connectivity index (χ0v) is 10.2. The van der Waals surface area contributed by atoms with E-state index in [0.717, 1.165) is 0 Å². The van der Waals surface area contributed by atoms with Gasteiger partial charge in [0.2, 0.25) is 0 Å². The van der Waals surface area contributed by atoms with Crippen LogP contribution in [-0.2, 0) is 0 Å². The van der Waals surface area contributed by atoms with Gasteiger partial charge in [-0.3, -0.25) is 4.79 Å². The molecule has 0 atom stereocenters. The maximum absolute atomic E-state index is 11.7. The number of amides is 2. The molecule has 0 fully saturated rings. The van der Waals surface area contributed by atoms with Crippen LogP contribution in [-0.4, -0.2) is 59.7 Å². The summed E-state index contributed by atoms with van der Waals surface area (Å²) in [6, 6.07) is 1.33. The first-order valence-electron chi connectivity index (χ1n) is 4.84. The third kappa shape index (κ3) is 2.21. The number of rotatable bonds is 1. The van der Waals surface area contributed by atoms with Gasteiger partial charge < -0.3 is 9.80 Å². The smallest absolute Gasteiger partial charge is 0.343 e. The standard InChI is InChI=1S/C10H16N4O2/c1-7-6-8(9(15)12(2)3)11-14(7)10(16)13(4)5/h6H,1-5H3. The average Bonchev–Trinajstić information content (AvgIpc) is 2.57. The first-order valence-corrected chi connectivity index (χ1v) is 4.84. The molecule has 1 aromatic heterocycles. The topological polar surface area (TPSA) is 58.4 Å². The highest BCUT2D eigenvalue weighted by atomic mass is 16.2. The van der Waals surface area contributed by atoms with Crippen LogP contribution in [0, 0.1) is 6.92 Å². The van der Waals surface area contributed by atoms with Crippen LogP contribution in [0.15, 0.2) is 6.07 Å². The van der Waals surface area contributed by atoms with Crippen LogP contribution in [0.1, 0.15) is 16.2 Å². The number of aromatic nitrogens is 2. The van der Waals surface area contributed by atoms with Crippen molar-refractivity contribution >= 4 is 11.9 Å². The molecule has 0 saturated carbocycles. The summed E-state index contributed by atoms with van der Waals surface area (Å²) in [6.45, 7) is 1.74. The van der Waals surface area contributed by atoms with E-state index in [0.29, 0.717) is 5.69 Å². The molecule has 1 heterocycles. The van der Waals surface area contributed by atoms with E-state index >= 15 is 0 Å². The number of carbonyl (C=O) groups is 2. The number of nitrogens with zero attached hydrogens (tertiary/aromatic N) is 4. The Morgan fingerprint density at radius 2 is 1.75 bits per heavy atom. The second-order valence-corrected chi connectivity index (χ2v) is 3.96. The lowest BCUT2D eigenvalue weighted by atomic mass is 10.3. The third-order valence-electron chi connectivity index (χ3n) is 2.08.